The fraction of sp³-hybridized carbons (Fsp3) is 0.625. The summed E-state index contributed by atoms with van der Waals surface area (Å²) in [4.78, 5) is 2.39. The molecule has 4 atom stereocenters. The highest BCUT2D eigenvalue weighted by Crippen LogP contribution is 2.35. The summed E-state index contributed by atoms with van der Waals surface area (Å²) in [6.45, 7) is 7.82. The monoisotopic (exact) mass is 556 g/mol. The third kappa shape index (κ3) is 9.08. The number of nitrogens with one attached hydrogen (secondary N) is 1. The standard InChI is InChI=1S/C32H48N2O6/c1-24(35)6-10-27-21-29(26-8-11-28(12-9-26)38-18-5-17-37-3)32(22-33-27)40-23-25-7-13-31-30(20-25)34(15-19-39-31)14-4-16-36-2/h7-9,11-13,20,24,27,29,32-33,35H,4-6,10,14-19,21-23H2,1-3H3/t24-,27-,29+,32-/m0/s1. The topological polar surface area (TPSA) is 81.7 Å². The number of hydrogen-bond donors (Lipinski definition) is 2. The van der Waals surface area contributed by atoms with Crippen molar-refractivity contribution < 1.29 is 28.8 Å². The molecule has 2 aromatic rings. The quantitative estimate of drug-likeness (QED) is 0.292. The van der Waals surface area contributed by atoms with Crippen LogP contribution < -0.4 is 19.7 Å². The normalized spacial score (nSPS) is 21.5. The minimum Gasteiger partial charge on any atom is -0.494 e. The fourth-order valence-electron chi connectivity index (χ4n) is 5.60. The van der Waals surface area contributed by atoms with Crippen molar-refractivity contribution in [3.05, 3.63) is 53.6 Å². The zero-order valence-electron chi connectivity index (χ0n) is 24.5. The molecule has 0 radical (unpaired) electrons. The van der Waals surface area contributed by atoms with Crippen molar-refractivity contribution in [1.82, 2.24) is 5.32 Å². The lowest BCUT2D eigenvalue weighted by atomic mass is 9.82. The van der Waals surface area contributed by atoms with Gasteiger partial charge in [-0.3, -0.25) is 0 Å². The lowest BCUT2D eigenvalue weighted by molar-refractivity contribution is 0.00134. The number of aliphatic hydroxyl groups is 1. The number of anilines is 1. The molecule has 8 nitrogen and oxygen atoms in total. The smallest absolute Gasteiger partial charge is 0.142 e. The molecule has 2 heterocycles. The van der Waals surface area contributed by atoms with E-state index in [1.54, 1.807) is 14.2 Å². The van der Waals surface area contributed by atoms with Gasteiger partial charge in [-0.1, -0.05) is 18.2 Å². The number of aliphatic hydroxyl groups excluding tert-OH is 1. The van der Waals surface area contributed by atoms with E-state index in [1.807, 2.05) is 6.92 Å². The summed E-state index contributed by atoms with van der Waals surface area (Å²) in [5.74, 6) is 2.08. The second-order valence-corrected chi connectivity index (χ2v) is 11.0. The van der Waals surface area contributed by atoms with Gasteiger partial charge in [0.1, 0.15) is 18.1 Å². The minimum atomic E-state index is -0.286. The fourth-order valence-corrected chi connectivity index (χ4v) is 5.60. The van der Waals surface area contributed by atoms with Crippen LogP contribution in [0.1, 0.15) is 56.1 Å². The second-order valence-electron chi connectivity index (χ2n) is 11.0. The van der Waals surface area contributed by atoms with Crippen molar-refractivity contribution in [3.63, 3.8) is 0 Å². The van der Waals surface area contributed by atoms with E-state index in [1.165, 1.54) is 5.56 Å². The summed E-state index contributed by atoms with van der Waals surface area (Å²) < 4.78 is 28.8. The number of hydrogen-bond acceptors (Lipinski definition) is 8. The Balaban J connectivity index is 1.42. The van der Waals surface area contributed by atoms with E-state index >= 15 is 0 Å². The average molecular weight is 557 g/mol. The molecule has 8 heteroatoms. The first kappa shape index (κ1) is 30.6. The van der Waals surface area contributed by atoms with Crippen molar-refractivity contribution in [2.45, 2.75) is 69.8 Å². The number of methoxy groups -OCH3 is 2. The van der Waals surface area contributed by atoms with E-state index in [9.17, 15) is 5.11 Å². The van der Waals surface area contributed by atoms with Crippen LogP contribution in [-0.2, 0) is 20.8 Å². The van der Waals surface area contributed by atoms with Gasteiger partial charge in [-0.2, -0.15) is 0 Å². The van der Waals surface area contributed by atoms with Crippen LogP contribution in [0, 0.1) is 0 Å². The first-order chi connectivity index (χ1) is 19.6. The van der Waals surface area contributed by atoms with Gasteiger partial charge < -0.3 is 39.0 Å². The molecule has 2 aliphatic rings. The van der Waals surface area contributed by atoms with Crippen LogP contribution in [0.3, 0.4) is 0 Å². The summed E-state index contributed by atoms with van der Waals surface area (Å²) in [5, 5.41) is 13.5. The second kappa shape index (κ2) is 16.2. The van der Waals surface area contributed by atoms with Gasteiger partial charge in [-0.25, -0.2) is 0 Å². The Kier molecular flexibility index (Phi) is 12.4. The Labute approximate surface area is 239 Å². The number of benzene rings is 2. The molecule has 1 saturated heterocycles. The SMILES string of the molecule is COCCCOc1ccc([C@H]2C[C@H](CC[C@H](C)O)NC[C@@H]2OCc2ccc3c(c2)N(CCCOC)CCO3)cc1. The molecule has 2 N–H and O–H groups in total. The number of nitrogens with zero attached hydrogens (tertiary/aromatic N) is 1. The van der Waals surface area contributed by atoms with E-state index < -0.39 is 0 Å². The first-order valence-corrected chi connectivity index (χ1v) is 14.8. The zero-order valence-corrected chi connectivity index (χ0v) is 24.5. The molecule has 0 unspecified atom stereocenters. The molecule has 2 aliphatic heterocycles. The molecule has 0 bridgehead atoms. The van der Waals surface area contributed by atoms with Gasteiger partial charge in [-0.05, 0) is 68.0 Å². The number of piperidine rings is 1. The van der Waals surface area contributed by atoms with Gasteiger partial charge in [0.2, 0.25) is 0 Å². The summed E-state index contributed by atoms with van der Waals surface area (Å²) >= 11 is 0. The van der Waals surface area contributed by atoms with Crippen LogP contribution in [0.2, 0.25) is 0 Å². The molecule has 0 aliphatic carbocycles. The maximum Gasteiger partial charge on any atom is 0.142 e. The summed E-state index contributed by atoms with van der Waals surface area (Å²) in [5.41, 5.74) is 3.55. The van der Waals surface area contributed by atoms with Crippen molar-refractivity contribution in [2.75, 3.05) is 65.2 Å². The van der Waals surface area contributed by atoms with Gasteiger partial charge in [0.25, 0.3) is 0 Å². The minimum absolute atomic E-state index is 0.0429. The Morgan fingerprint density at radius 2 is 1.85 bits per heavy atom. The average Bonchev–Trinajstić information content (AvgIpc) is 2.98. The lowest BCUT2D eigenvalue weighted by Gasteiger charge is -2.38. The Morgan fingerprint density at radius 3 is 2.62 bits per heavy atom. The molecule has 2 aromatic carbocycles. The molecular weight excluding hydrogens is 508 g/mol. The van der Waals surface area contributed by atoms with Gasteiger partial charge in [-0.15, -0.1) is 0 Å². The predicted octanol–water partition coefficient (Wildman–Crippen LogP) is 4.53. The van der Waals surface area contributed by atoms with Crippen molar-refractivity contribution in [3.8, 4) is 11.5 Å². The van der Waals surface area contributed by atoms with E-state index in [-0.39, 0.29) is 18.1 Å². The van der Waals surface area contributed by atoms with Gasteiger partial charge in [0.05, 0.1) is 37.7 Å². The summed E-state index contributed by atoms with van der Waals surface area (Å²) in [6.07, 6.45) is 4.32. The molecular formula is C32H48N2O6. The number of ether oxygens (including phenoxy) is 5. The zero-order chi connectivity index (χ0) is 28.2. The van der Waals surface area contributed by atoms with Gasteiger partial charge in [0, 0.05) is 58.9 Å². The van der Waals surface area contributed by atoms with E-state index in [4.69, 9.17) is 23.7 Å². The van der Waals surface area contributed by atoms with Gasteiger partial charge in [0.15, 0.2) is 0 Å². The summed E-state index contributed by atoms with van der Waals surface area (Å²) in [6, 6.07) is 15.2. The van der Waals surface area contributed by atoms with E-state index in [0.717, 1.165) is 81.1 Å². The highest BCUT2D eigenvalue weighted by molar-refractivity contribution is 5.61. The van der Waals surface area contributed by atoms with Crippen molar-refractivity contribution in [1.29, 1.82) is 0 Å². The Hall–Kier alpha value is -2.36. The molecule has 222 valence electrons. The van der Waals surface area contributed by atoms with Crippen LogP contribution in [0.25, 0.3) is 0 Å². The van der Waals surface area contributed by atoms with E-state index in [0.29, 0.717) is 32.5 Å². The highest BCUT2D eigenvalue weighted by atomic mass is 16.5. The molecule has 40 heavy (non-hydrogen) atoms. The van der Waals surface area contributed by atoms with E-state index in [2.05, 4.69) is 52.7 Å². The van der Waals surface area contributed by atoms with Crippen LogP contribution in [0.5, 0.6) is 11.5 Å². The highest BCUT2D eigenvalue weighted by Gasteiger charge is 2.32. The lowest BCUT2D eigenvalue weighted by Crippen LogP contribution is -2.47. The maximum atomic E-state index is 9.83. The van der Waals surface area contributed by atoms with Crippen molar-refractivity contribution >= 4 is 5.69 Å². The molecule has 0 amide bonds. The third-order valence-corrected chi connectivity index (χ3v) is 7.82. The maximum absolute atomic E-state index is 9.83. The van der Waals surface area contributed by atoms with Gasteiger partial charge >= 0.3 is 0 Å². The molecule has 1 fully saturated rings. The van der Waals surface area contributed by atoms with Crippen molar-refractivity contribution in [2.24, 2.45) is 0 Å². The molecule has 0 spiro atoms. The van der Waals surface area contributed by atoms with Crippen LogP contribution >= 0.6 is 0 Å². The Morgan fingerprint density at radius 1 is 1.05 bits per heavy atom. The third-order valence-electron chi connectivity index (χ3n) is 7.82. The Bertz CT molecular complexity index is 1000. The van der Waals surface area contributed by atoms with Crippen LogP contribution in [0.4, 0.5) is 5.69 Å². The molecule has 0 aromatic heterocycles. The molecule has 0 saturated carbocycles. The molecule has 4 rings (SSSR count). The largest absolute Gasteiger partial charge is 0.494 e. The number of rotatable bonds is 16. The summed E-state index contributed by atoms with van der Waals surface area (Å²) in [7, 11) is 3.46. The number of fused-ring (bicyclic) bond motifs is 1. The predicted molar refractivity (Wildman–Crippen MR) is 158 cm³/mol. The first-order valence-electron chi connectivity index (χ1n) is 14.8. The van der Waals surface area contributed by atoms with Crippen LogP contribution in [0.15, 0.2) is 42.5 Å². The van der Waals surface area contributed by atoms with Crippen LogP contribution in [-0.4, -0.2) is 83.6 Å².